The van der Waals surface area contributed by atoms with Gasteiger partial charge in [-0.05, 0) is 39.0 Å². The molecule has 8 nitrogen and oxygen atoms in total. The summed E-state index contributed by atoms with van der Waals surface area (Å²) in [5.41, 5.74) is 3.73. The molecule has 0 aliphatic rings. The van der Waals surface area contributed by atoms with E-state index in [2.05, 4.69) is 27.2 Å². The average molecular weight is 449 g/mol. The fourth-order valence-electron chi connectivity index (χ4n) is 3.29. The van der Waals surface area contributed by atoms with Crippen molar-refractivity contribution in [3.8, 4) is 17.1 Å². The second kappa shape index (κ2) is 9.27. The topological polar surface area (TPSA) is 90.8 Å². The van der Waals surface area contributed by atoms with E-state index in [0.29, 0.717) is 23.3 Å². The Morgan fingerprint density at radius 1 is 1.19 bits per heavy atom. The summed E-state index contributed by atoms with van der Waals surface area (Å²) in [6, 6.07) is 11.7. The smallest absolute Gasteiger partial charge is 0.236 e. The largest absolute Gasteiger partial charge is 0.469 e. The molecule has 0 bridgehead atoms. The van der Waals surface area contributed by atoms with Gasteiger partial charge in [0.1, 0.15) is 11.6 Å². The van der Waals surface area contributed by atoms with E-state index in [9.17, 15) is 4.79 Å². The fourth-order valence-corrected chi connectivity index (χ4v) is 4.03. The highest BCUT2D eigenvalue weighted by atomic mass is 32.2. The summed E-state index contributed by atoms with van der Waals surface area (Å²) in [6.45, 7) is 10.1. The molecule has 3 heterocycles. The van der Waals surface area contributed by atoms with Crippen LogP contribution in [0.5, 0.6) is 0 Å². The van der Waals surface area contributed by atoms with Crippen LogP contribution in [-0.4, -0.2) is 36.2 Å². The van der Waals surface area contributed by atoms with E-state index in [1.807, 2.05) is 61.7 Å². The SMILES string of the molecule is C=CCn1c(SCC(=O)Nc2cc(C)nn2-c2ccc(C)cc2)nnc1-c1ccoc1C. The lowest BCUT2D eigenvalue weighted by Gasteiger charge is -2.10. The van der Waals surface area contributed by atoms with Gasteiger partial charge in [0.25, 0.3) is 0 Å². The first kappa shape index (κ1) is 21.6. The highest BCUT2D eigenvalue weighted by Crippen LogP contribution is 2.27. The van der Waals surface area contributed by atoms with Gasteiger partial charge in [-0.25, -0.2) is 4.68 Å². The maximum atomic E-state index is 12.7. The molecule has 0 fully saturated rings. The molecule has 0 aliphatic heterocycles. The molecule has 1 N–H and O–H groups in total. The first-order chi connectivity index (χ1) is 15.5. The quantitative estimate of drug-likeness (QED) is 0.314. The second-order valence-electron chi connectivity index (χ2n) is 7.35. The molecule has 0 spiro atoms. The summed E-state index contributed by atoms with van der Waals surface area (Å²) in [4.78, 5) is 12.7. The molecule has 3 aromatic heterocycles. The summed E-state index contributed by atoms with van der Waals surface area (Å²) in [6.07, 6.45) is 3.40. The third-order valence-corrected chi connectivity index (χ3v) is 5.80. The summed E-state index contributed by atoms with van der Waals surface area (Å²) in [7, 11) is 0. The van der Waals surface area contributed by atoms with Crippen LogP contribution in [0.4, 0.5) is 5.82 Å². The minimum Gasteiger partial charge on any atom is -0.469 e. The van der Waals surface area contributed by atoms with E-state index in [1.165, 1.54) is 11.8 Å². The third kappa shape index (κ3) is 4.52. The van der Waals surface area contributed by atoms with Crippen molar-refractivity contribution in [2.75, 3.05) is 11.1 Å². The van der Waals surface area contributed by atoms with Crippen LogP contribution in [0, 0.1) is 20.8 Å². The number of hydrogen-bond acceptors (Lipinski definition) is 6. The number of nitrogens with zero attached hydrogens (tertiary/aromatic N) is 5. The summed E-state index contributed by atoms with van der Waals surface area (Å²) in [5.74, 6) is 2.10. The van der Waals surface area contributed by atoms with E-state index in [1.54, 1.807) is 17.0 Å². The van der Waals surface area contributed by atoms with Gasteiger partial charge in [0, 0.05) is 12.6 Å². The number of nitrogens with one attached hydrogen (secondary N) is 1. The number of furan rings is 1. The number of rotatable bonds is 8. The van der Waals surface area contributed by atoms with Crippen LogP contribution >= 0.6 is 11.8 Å². The van der Waals surface area contributed by atoms with Crippen LogP contribution in [0.15, 0.2) is 64.9 Å². The van der Waals surface area contributed by atoms with Crippen molar-refractivity contribution in [2.45, 2.75) is 32.5 Å². The van der Waals surface area contributed by atoms with Gasteiger partial charge in [-0.15, -0.1) is 16.8 Å². The first-order valence-electron chi connectivity index (χ1n) is 10.1. The van der Waals surface area contributed by atoms with Crippen LogP contribution in [-0.2, 0) is 11.3 Å². The van der Waals surface area contributed by atoms with Crippen molar-refractivity contribution in [3.05, 3.63) is 72.3 Å². The number of benzene rings is 1. The number of carbonyl (C=O) groups excluding carboxylic acids is 1. The molecule has 1 aromatic carbocycles. The third-order valence-electron chi connectivity index (χ3n) is 4.84. The van der Waals surface area contributed by atoms with Crippen molar-refractivity contribution >= 4 is 23.5 Å². The molecule has 4 rings (SSSR count). The maximum Gasteiger partial charge on any atom is 0.236 e. The Labute approximate surface area is 190 Å². The predicted molar refractivity (Wildman–Crippen MR) is 125 cm³/mol. The average Bonchev–Trinajstić information content (AvgIpc) is 3.46. The van der Waals surface area contributed by atoms with Gasteiger partial charge < -0.3 is 9.73 Å². The molecular formula is C23H24N6O2S. The minimum absolute atomic E-state index is 0.155. The fraction of sp³-hybridized carbons (Fsp3) is 0.217. The molecule has 0 aliphatic carbocycles. The van der Waals surface area contributed by atoms with E-state index < -0.39 is 0 Å². The van der Waals surface area contributed by atoms with Crippen LogP contribution < -0.4 is 5.32 Å². The number of anilines is 1. The normalized spacial score (nSPS) is 11.0. The van der Waals surface area contributed by atoms with Crippen LogP contribution in [0.25, 0.3) is 17.1 Å². The Kier molecular flexibility index (Phi) is 6.27. The molecule has 0 saturated carbocycles. The molecule has 164 valence electrons. The van der Waals surface area contributed by atoms with Gasteiger partial charge in [-0.2, -0.15) is 5.10 Å². The Hall–Kier alpha value is -3.59. The zero-order valence-corrected chi connectivity index (χ0v) is 19.0. The summed E-state index contributed by atoms with van der Waals surface area (Å²) in [5, 5.41) is 16.7. The molecule has 4 aromatic rings. The first-order valence-corrected chi connectivity index (χ1v) is 11.1. The number of aryl methyl sites for hydroxylation is 3. The second-order valence-corrected chi connectivity index (χ2v) is 8.29. The lowest BCUT2D eigenvalue weighted by atomic mass is 10.2. The number of amides is 1. The van der Waals surface area contributed by atoms with E-state index >= 15 is 0 Å². The lowest BCUT2D eigenvalue weighted by Crippen LogP contribution is -2.17. The number of carbonyl (C=O) groups is 1. The molecule has 32 heavy (non-hydrogen) atoms. The van der Waals surface area contributed by atoms with Crippen molar-refractivity contribution < 1.29 is 9.21 Å². The van der Waals surface area contributed by atoms with Gasteiger partial charge in [-0.1, -0.05) is 35.5 Å². The number of thioether (sulfide) groups is 1. The van der Waals surface area contributed by atoms with Gasteiger partial charge in [0.05, 0.1) is 29.0 Å². The van der Waals surface area contributed by atoms with Crippen LogP contribution in [0.2, 0.25) is 0 Å². The Balaban J connectivity index is 1.49. The van der Waals surface area contributed by atoms with Crippen molar-refractivity contribution in [3.63, 3.8) is 0 Å². The molecule has 0 unspecified atom stereocenters. The van der Waals surface area contributed by atoms with Gasteiger partial charge in [-0.3, -0.25) is 9.36 Å². The summed E-state index contributed by atoms with van der Waals surface area (Å²) >= 11 is 1.32. The minimum atomic E-state index is -0.155. The predicted octanol–water partition coefficient (Wildman–Crippen LogP) is 4.57. The molecule has 1 amide bonds. The van der Waals surface area contributed by atoms with Gasteiger partial charge in [0.2, 0.25) is 5.91 Å². The monoisotopic (exact) mass is 448 g/mol. The molecule has 0 atom stereocenters. The molecular weight excluding hydrogens is 424 g/mol. The Morgan fingerprint density at radius 2 is 1.97 bits per heavy atom. The van der Waals surface area contributed by atoms with Gasteiger partial charge in [0.15, 0.2) is 11.0 Å². The molecule has 0 saturated heterocycles. The number of aromatic nitrogens is 5. The Morgan fingerprint density at radius 3 is 2.66 bits per heavy atom. The standard InChI is InChI=1S/C23H24N6O2S/c1-5-11-28-22(19-10-12-31-17(19)4)25-26-23(28)32-14-21(30)24-20-13-16(3)27-29(20)18-8-6-15(2)7-9-18/h5-10,12-13H,1,11,14H2,2-4H3,(H,24,30). The van der Waals surface area contributed by atoms with Crippen molar-refractivity contribution in [2.24, 2.45) is 0 Å². The van der Waals surface area contributed by atoms with Crippen LogP contribution in [0.1, 0.15) is 17.0 Å². The van der Waals surface area contributed by atoms with E-state index in [-0.39, 0.29) is 11.7 Å². The van der Waals surface area contributed by atoms with E-state index in [4.69, 9.17) is 4.42 Å². The lowest BCUT2D eigenvalue weighted by molar-refractivity contribution is -0.113. The Bertz CT molecular complexity index is 1250. The number of allylic oxidation sites excluding steroid dienone is 1. The highest BCUT2D eigenvalue weighted by molar-refractivity contribution is 7.99. The van der Waals surface area contributed by atoms with Crippen molar-refractivity contribution in [1.29, 1.82) is 0 Å². The number of hydrogen-bond donors (Lipinski definition) is 1. The zero-order chi connectivity index (χ0) is 22.7. The zero-order valence-electron chi connectivity index (χ0n) is 18.2. The molecule has 9 heteroatoms. The van der Waals surface area contributed by atoms with Gasteiger partial charge >= 0.3 is 0 Å². The summed E-state index contributed by atoms with van der Waals surface area (Å²) < 4.78 is 9.05. The molecule has 0 radical (unpaired) electrons. The van der Waals surface area contributed by atoms with Crippen molar-refractivity contribution in [1.82, 2.24) is 24.5 Å². The highest BCUT2D eigenvalue weighted by Gasteiger charge is 2.18. The van der Waals surface area contributed by atoms with E-state index in [0.717, 1.165) is 28.3 Å². The van der Waals surface area contributed by atoms with Crippen LogP contribution in [0.3, 0.4) is 0 Å². The maximum absolute atomic E-state index is 12.7.